The Morgan fingerprint density at radius 2 is 0.857 bits per heavy atom. The molecule has 116 valence electrons. The summed E-state index contributed by atoms with van der Waals surface area (Å²) in [6.45, 7) is 8.05. The van der Waals surface area contributed by atoms with E-state index in [9.17, 15) is 10.2 Å². The predicted molar refractivity (Wildman–Crippen MR) is 82.6 cm³/mol. The number of hydrogen-bond donors (Lipinski definition) is 2. The molecule has 0 aromatic carbocycles. The second kappa shape index (κ2) is 11.0. The Morgan fingerprint density at radius 3 is 1.05 bits per heavy atom. The molecule has 2 N–H and O–H groups in total. The van der Waals surface area contributed by atoms with Crippen LogP contribution in [0.3, 0.4) is 0 Å². The van der Waals surface area contributed by atoms with E-state index in [-0.39, 0.29) is 29.3 Å². The van der Waals surface area contributed by atoms with Gasteiger partial charge in [0.1, 0.15) is 0 Å². The SMILES string of the molecule is CC(C)[C@H](O)[C]1[CH][CH][CH][CH]1.CC(C)[C@H](O)[C]1[CH][CH][CH][CH]1.[Fe+2]. The van der Waals surface area contributed by atoms with Crippen LogP contribution in [0.1, 0.15) is 27.7 Å². The van der Waals surface area contributed by atoms with Gasteiger partial charge >= 0.3 is 17.1 Å². The van der Waals surface area contributed by atoms with E-state index in [1.807, 2.05) is 79.1 Å². The first kappa shape index (κ1) is 21.4. The van der Waals surface area contributed by atoms with Gasteiger partial charge in [0.15, 0.2) is 0 Å². The van der Waals surface area contributed by atoms with Gasteiger partial charge in [-0.3, -0.25) is 0 Å². The fourth-order valence-electron chi connectivity index (χ4n) is 1.94. The average Bonchev–Trinajstić information content (AvgIpc) is 3.10. The van der Waals surface area contributed by atoms with Crippen LogP contribution in [-0.2, 0) is 17.1 Å². The van der Waals surface area contributed by atoms with Crippen molar-refractivity contribution < 1.29 is 27.3 Å². The summed E-state index contributed by atoms with van der Waals surface area (Å²) >= 11 is 0. The topological polar surface area (TPSA) is 40.5 Å². The van der Waals surface area contributed by atoms with Gasteiger partial charge in [0.05, 0.1) is 12.2 Å². The molecule has 21 heavy (non-hydrogen) atoms. The predicted octanol–water partition coefficient (Wildman–Crippen LogP) is 2.81. The maximum Gasteiger partial charge on any atom is 2.00 e. The molecule has 0 amide bonds. The fraction of sp³-hybridized carbons (Fsp3) is 0.444. The molecular formula is C18H26FeO2+2. The molecule has 0 heterocycles. The largest absolute Gasteiger partial charge is 2.00 e. The van der Waals surface area contributed by atoms with E-state index in [0.717, 1.165) is 11.8 Å². The fourth-order valence-corrected chi connectivity index (χ4v) is 1.94. The number of hydrogen-bond acceptors (Lipinski definition) is 2. The van der Waals surface area contributed by atoms with Crippen LogP contribution in [0, 0.1) is 75.0 Å². The first-order valence-corrected chi connectivity index (χ1v) is 7.22. The van der Waals surface area contributed by atoms with Crippen molar-refractivity contribution in [1.29, 1.82) is 0 Å². The van der Waals surface area contributed by atoms with E-state index in [1.165, 1.54) is 0 Å². The Kier molecular flexibility index (Phi) is 11.3. The molecule has 2 aliphatic carbocycles. The zero-order valence-corrected chi connectivity index (χ0v) is 14.3. The Morgan fingerprint density at radius 1 is 0.619 bits per heavy atom. The van der Waals surface area contributed by atoms with Crippen LogP contribution in [0.15, 0.2) is 0 Å². The van der Waals surface area contributed by atoms with Crippen LogP contribution in [0.25, 0.3) is 0 Å². The molecule has 2 atom stereocenters. The van der Waals surface area contributed by atoms with Crippen molar-refractivity contribution in [2.45, 2.75) is 39.9 Å². The minimum Gasteiger partial charge on any atom is -0.392 e. The zero-order chi connectivity index (χ0) is 15.1. The molecule has 0 saturated heterocycles. The van der Waals surface area contributed by atoms with Crippen molar-refractivity contribution >= 4 is 0 Å². The Balaban J connectivity index is 0.000000364. The van der Waals surface area contributed by atoms with E-state index in [1.54, 1.807) is 0 Å². The molecule has 0 spiro atoms. The molecule has 2 nitrogen and oxygen atoms in total. The Bertz CT molecular complexity index is 218. The second-order valence-corrected chi connectivity index (χ2v) is 5.81. The number of aliphatic hydroxyl groups is 2. The minimum atomic E-state index is -0.296. The van der Waals surface area contributed by atoms with Gasteiger partial charge in [0, 0.05) is 11.8 Å². The van der Waals surface area contributed by atoms with Crippen LogP contribution < -0.4 is 0 Å². The third-order valence-electron chi connectivity index (χ3n) is 3.32. The van der Waals surface area contributed by atoms with E-state index < -0.39 is 0 Å². The van der Waals surface area contributed by atoms with E-state index in [2.05, 4.69) is 0 Å². The summed E-state index contributed by atoms with van der Waals surface area (Å²) in [5.74, 6) is 2.66. The molecule has 0 bridgehead atoms. The number of aliphatic hydroxyl groups excluding tert-OH is 2. The molecule has 0 aliphatic heterocycles. The maximum absolute atomic E-state index is 9.49. The van der Waals surface area contributed by atoms with Crippen LogP contribution >= 0.6 is 0 Å². The molecule has 0 aromatic rings. The average molecular weight is 330 g/mol. The quantitative estimate of drug-likeness (QED) is 0.778. The Labute approximate surface area is 142 Å². The summed E-state index contributed by atoms with van der Waals surface area (Å²) in [5.41, 5.74) is 0. The summed E-state index contributed by atoms with van der Waals surface area (Å²) in [6.07, 6.45) is 15.0. The smallest absolute Gasteiger partial charge is 0.392 e. The zero-order valence-electron chi connectivity index (χ0n) is 13.2. The van der Waals surface area contributed by atoms with E-state index in [0.29, 0.717) is 11.8 Å². The summed E-state index contributed by atoms with van der Waals surface area (Å²) in [6, 6.07) is 0. The van der Waals surface area contributed by atoms with E-state index >= 15 is 0 Å². The first-order chi connectivity index (χ1) is 9.43. The van der Waals surface area contributed by atoms with Gasteiger partial charge in [-0.15, -0.1) is 0 Å². The Hall–Kier alpha value is 0.439. The summed E-state index contributed by atoms with van der Waals surface area (Å²) in [7, 11) is 0. The normalized spacial score (nSPS) is 22.9. The monoisotopic (exact) mass is 330 g/mol. The summed E-state index contributed by atoms with van der Waals surface area (Å²) < 4.78 is 0. The maximum atomic E-state index is 9.49. The van der Waals surface area contributed by atoms with Crippen LogP contribution in [0.5, 0.6) is 0 Å². The van der Waals surface area contributed by atoms with Crippen molar-refractivity contribution in [3.05, 3.63) is 63.2 Å². The van der Waals surface area contributed by atoms with Gasteiger partial charge in [-0.25, -0.2) is 0 Å². The molecule has 2 aliphatic rings. The van der Waals surface area contributed by atoms with Gasteiger partial charge in [0.2, 0.25) is 0 Å². The molecule has 2 saturated carbocycles. The molecule has 0 unspecified atom stereocenters. The molecular weight excluding hydrogens is 304 g/mol. The van der Waals surface area contributed by atoms with Crippen molar-refractivity contribution in [3.8, 4) is 0 Å². The van der Waals surface area contributed by atoms with Gasteiger partial charge in [0.25, 0.3) is 0 Å². The minimum absolute atomic E-state index is 0. The van der Waals surface area contributed by atoms with Crippen molar-refractivity contribution in [3.63, 3.8) is 0 Å². The molecule has 3 heteroatoms. The van der Waals surface area contributed by atoms with Crippen molar-refractivity contribution in [2.24, 2.45) is 11.8 Å². The van der Waals surface area contributed by atoms with Crippen molar-refractivity contribution in [1.82, 2.24) is 0 Å². The van der Waals surface area contributed by atoms with Gasteiger partial charge in [-0.1, -0.05) is 27.7 Å². The first-order valence-electron chi connectivity index (χ1n) is 7.22. The number of rotatable bonds is 4. The van der Waals surface area contributed by atoms with Gasteiger partial charge in [-0.2, -0.15) is 0 Å². The standard InChI is InChI=1S/2C9H13O.Fe/c2*1-7(2)9(10)8-5-3-4-6-8;/h2*3-7,9-10H,1-2H3;/q;;+2/t2*9-;/m00./s1. The summed E-state index contributed by atoms with van der Waals surface area (Å²) in [4.78, 5) is 0. The molecule has 0 aromatic heterocycles. The third kappa shape index (κ3) is 7.50. The van der Waals surface area contributed by atoms with Crippen molar-refractivity contribution in [2.75, 3.05) is 0 Å². The summed E-state index contributed by atoms with van der Waals surface area (Å²) in [5, 5.41) is 19.0. The second-order valence-electron chi connectivity index (χ2n) is 5.81. The van der Waals surface area contributed by atoms with Crippen LogP contribution in [0.2, 0.25) is 0 Å². The van der Waals surface area contributed by atoms with Crippen LogP contribution in [-0.4, -0.2) is 22.4 Å². The molecule has 2 fully saturated rings. The third-order valence-corrected chi connectivity index (χ3v) is 3.32. The van der Waals surface area contributed by atoms with Gasteiger partial charge < -0.3 is 10.2 Å². The van der Waals surface area contributed by atoms with E-state index in [4.69, 9.17) is 0 Å². The van der Waals surface area contributed by atoms with Gasteiger partial charge in [-0.05, 0) is 63.2 Å². The molecule has 10 radical (unpaired) electrons. The molecule has 2 rings (SSSR count). The van der Waals surface area contributed by atoms with Crippen LogP contribution in [0.4, 0.5) is 0 Å².